The van der Waals surface area contributed by atoms with Gasteiger partial charge in [-0.1, -0.05) is 71.9 Å². The summed E-state index contributed by atoms with van der Waals surface area (Å²) in [5.74, 6) is 0. The van der Waals surface area contributed by atoms with Crippen molar-refractivity contribution in [3.05, 3.63) is 35.9 Å². The second-order valence-corrected chi connectivity index (χ2v) is 19.0. The van der Waals surface area contributed by atoms with Crippen LogP contribution in [0.3, 0.4) is 0 Å². The molecule has 0 heterocycles. The number of benzene rings is 1. The topological polar surface area (TPSA) is 18.5 Å². The molecule has 0 N–H and O–H groups in total. The van der Waals surface area contributed by atoms with E-state index in [1.807, 2.05) is 6.07 Å². The molecule has 132 valence electrons. The highest BCUT2D eigenvalue weighted by atomic mass is 28.4. The first-order chi connectivity index (χ1) is 10.2. The van der Waals surface area contributed by atoms with Crippen LogP contribution in [0.1, 0.15) is 53.4 Å². The SMILES string of the molecule is CC(C)(C)[Si](C)(C)OC(O[Si](C)(C)C(C)(C)C)c1ccccc1. The van der Waals surface area contributed by atoms with E-state index in [-0.39, 0.29) is 16.4 Å². The Morgan fingerprint density at radius 2 is 1.04 bits per heavy atom. The van der Waals surface area contributed by atoms with Crippen molar-refractivity contribution < 1.29 is 8.85 Å². The molecule has 0 saturated carbocycles. The molecule has 1 aromatic carbocycles. The van der Waals surface area contributed by atoms with Gasteiger partial charge in [0.05, 0.1) is 0 Å². The van der Waals surface area contributed by atoms with Gasteiger partial charge in [-0.05, 0) is 36.3 Å². The van der Waals surface area contributed by atoms with Crippen molar-refractivity contribution in [3.8, 4) is 0 Å². The molecule has 0 fully saturated rings. The predicted molar refractivity (Wildman–Crippen MR) is 106 cm³/mol. The Balaban J connectivity index is 3.15. The van der Waals surface area contributed by atoms with Crippen LogP contribution in [0, 0.1) is 0 Å². The molecule has 0 aliphatic carbocycles. The van der Waals surface area contributed by atoms with Crippen molar-refractivity contribution in [1.82, 2.24) is 0 Å². The van der Waals surface area contributed by atoms with Gasteiger partial charge >= 0.3 is 0 Å². The van der Waals surface area contributed by atoms with Crippen LogP contribution >= 0.6 is 0 Å². The summed E-state index contributed by atoms with van der Waals surface area (Å²) in [6.07, 6.45) is -0.266. The molecule has 0 radical (unpaired) electrons. The lowest BCUT2D eigenvalue weighted by molar-refractivity contribution is -0.0192. The Bertz CT molecular complexity index is 468. The van der Waals surface area contributed by atoms with Crippen LogP contribution in [-0.2, 0) is 8.85 Å². The minimum absolute atomic E-state index is 0.164. The highest BCUT2D eigenvalue weighted by Crippen LogP contribution is 2.44. The minimum Gasteiger partial charge on any atom is -0.389 e. The van der Waals surface area contributed by atoms with Gasteiger partial charge < -0.3 is 8.85 Å². The summed E-state index contributed by atoms with van der Waals surface area (Å²) in [6, 6.07) is 10.4. The molecule has 1 rings (SSSR count). The van der Waals surface area contributed by atoms with Crippen LogP contribution < -0.4 is 0 Å². The molecule has 4 heteroatoms. The summed E-state index contributed by atoms with van der Waals surface area (Å²) in [5, 5.41) is 0.327. The molecule has 0 aromatic heterocycles. The molecule has 23 heavy (non-hydrogen) atoms. The van der Waals surface area contributed by atoms with E-state index in [0.717, 1.165) is 5.56 Å². The van der Waals surface area contributed by atoms with E-state index in [2.05, 4.69) is 92.0 Å². The fraction of sp³-hybridized carbons (Fsp3) is 0.684. The van der Waals surface area contributed by atoms with Gasteiger partial charge in [-0.3, -0.25) is 0 Å². The van der Waals surface area contributed by atoms with Gasteiger partial charge in [0.25, 0.3) is 0 Å². The smallest absolute Gasteiger partial charge is 0.195 e. The van der Waals surface area contributed by atoms with Crippen LogP contribution in [0.4, 0.5) is 0 Å². The van der Waals surface area contributed by atoms with E-state index in [9.17, 15) is 0 Å². The highest BCUT2D eigenvalue weighted by Gasteiger charge is 2.44. The normalized spacial score (nSPS) is 14.4. The van der Waals surface area contributed by atoms with Gasteiger partial charge in [0.15, 0.2) is 22.9 Å². The lowest BCUT2D eigenvalue weighted by atomic mass is 10.2. The van der Waals surface area contributed by atoms with Crippen LogP contribution in [0.15, 0.2) is 30.3 Å². The number of hydrogen-bond acceptors (Lipinski definition) is 2. The maximum absolute atomic E-state index is 6.67. The van der Waals surface area contributed by atoms with E-state index >= 15 is 0 Å². The van der Waals surface area contributed by atoms with E-state index in [4.69, 9.17) is 8.85 Å². The largest absolute Gasteiger partial charge is 0.389 e. The van der Waals surface area contributed by atoms with Crippen molar-refractivity contribution in [2.75, 3.05) is 0 Å². The van der Waals surface area contributed by atoms with Crippen LogP contribution in [0.25, 0.3) is 0 Å². The lowest BCUT2D eigenvalue weighted by Crippen LogP contribution is -2.47. The number of rotatable bonds is 5. The summed E-state index contributed by atoms with van der Waals surface area (Å²) < 4.78 is 13.3. The van der Waals surface area contributed by atoms with Crippen molar-refractivity contribution >= 4 is 16.6 Å². The molecule has 0 atom stereocenters. The third-order valence-corrected chi connectivity index (χ3v) is 14.3. The third kappa shape index (κ3) is 5.28. The van der Waals surface area contributed by atoms with Gasteiger partial charge in [0.2, 0.25) is 0 Å². The maximum atomic E-state index is 6.67. The zero-order valence-electron chi connectivity index (χ0n) is 16.8. The fourth-order valence-electron chi connectivity index (χ4n) is 1.66. The first-order valence-electron chi connectivity index (χ1n) is 8.58. The van der Waals surface area contributed by atoms with E-state index < -0.39 is 16.6 Å². The van der Waals surface area contributed by atoms with Gasteiger partial charge in [0, 0.05) is 5.56 Å². The van der Waals surface area contributed by atoms with Gasteiger partial charge in [0.1, 0.15) is 0 Å². The van der Waals surface area contributed by atoms with Crippen LogP contribution in [0.5, 0.6) is 0 Å². The lowest BCUT2D eigenvalue weighted by Gasteiger charge is -2.44. The molecule has 0 bridgehead atoms. The molecule has 0 aliphatic heterocycles. The summed E-state index contributed by atoms with van der Waals surface area (Å²) in [7, 11) is -3.82. The van der Waals surface area contributed by atoms with Gasteiger partial charge in [-0.25, -0.2) is 0 Å². The molecule has 0 unspecified atom stereocenters. The van der Waals surface area contributed by atoms with Gasteiger partial charge in [-0.15, -0.1) is 0 Å². The second-order valence-electron chi connectivity index (χ2n) is 9.50. The average Bonchev–Trinajstić information content (AvgIpc) is 2.35. The average molecular weight is 353 g/mol. The molecule has 1 aromatic rings. The Hall–Kier alpha value is -0.426. The Kier molecular flexibility index (Phi) is 6.12. The first-order valence-corrected chi connectivity index (χ1v) is 14.4. The van der Waals surface area contributed by atoms with E-state index in [1.165, 1.54) is 0 Å². The van der Waals surface area contributed by atoms with E-state index in [0.29, 0.717) is 0 Å². The zero-order chi connectivity index (χ0) is 18.1. The standard InChI is InChI=1S/C19H36O2Si2/c1-18(2,3)22(7,8)20-17(16-14-12-11-13-15-16)21-23(9,10)19(4,5)6/h11-15,17H,1-10H3. The fourth-order valence-corrected chi connectivity index (χ4v) is 3.90. The molecule has 0 spiro atoms. The predicted octanol–water partition coefficient (Wildman–Crippen LogP) is 6.73. The summed E-state index contributed by atoms with van der Waals surface area (Å²) >= 11 is 0. The zero-order valence-corrected chi connectivity index (χ0v) is 18.8. The van der Waals surface area contributed by atoms with Crippen molar-refractivity contribution in [3.63, 3.8) is 0 Å². The highest BCUT2D eigenvalue weighted by molar-refractivity contribution is 6.75. The quantitative estimate of drug-likeness (QED) is 0.432. The van der Waals surface area contributed by atoms with E-state index in [1.54, 1.807) is 0 Å². The molecule has 0 saturated heterocycles. The summed E-state index contributed by atoms with van der Waals surface area (Å²) in [6.45, 7) is 22.8. The maximum Gasteiger partial charge on any atom is 0.195 e. The molecule has 0 aliphatic rings. The van der Waals surface area contributed by atoms with Crippen molar-refractivity contribution in [1.29, 1.82) is 0 Å². The van der Waals surface area contributed by atoms with Crippen molar-refractivity contribution in [2.45, 2.75) is 84.1 Å². The van der Waals surface area contributed by atoms with Crippen LogP contribution in [0.2, 0.25) is 36.3 Å². The number of hydrogen-bond donors (Lipinski definition) is 0. The Morgan fingerprint density at radius 1 is 0.696 bits per heavy atom. The molecular formula is C19H36O2Si2. The van der Waals surface area contributed by atoms with Crippen LogP contribution in [-0.4, -0.2) is 16.6 Å². The summed E-state index contributed by atoms with van der Waals surface area (Å²) in [4.78, 5) is 0. The monoisotopic (exact) mass is 352 g/mol. The molecule has 0 amide bonds. The minimum atomic E-state index is -1.91. The molecule has 2 nitrogen and oxygen atoms in total. The molecular weight excluding hydrogens is 316 g/mol. The Labute approximate surface area is 145 Å². The third-order valence-electron chi connectivity index (χ3n) is 5.49. The summed E-state index contributed by atoms with van der Waals surface area (Å²) in [5.41, 5.74) is 1.13. The Morgan fingerprint density at radius 3 is 1.35 bits per heavy atom. The van der Waals surface area contributed by atoms with Crippen molar-refractivity contribution in [2.24, 2.45) is 0 Å². The van der Waals surface area contributed by atoms with Gasteiger partial charge in [-0.2, -0.15) is 0 Å². The first kappa shape index (κ1) is 20.6. The second kappa shape index (κ2) is 6.83.